The molecule has 0 saturated carbocycles. The van der Waals surface area contributed by atoms with E-state index in [1.165, 1.54) is 0 Å². The number of benzene rings is 1. The molecule has 0 N–H and O–H groups in total. The number of rotatable bonds is 0. The van der Waals surface area contributed by atoms with E-state index in [2.05, 4.69) is 10.2 Å². The average molecular weight is 130 g/mol. The minimum Gasteiger partial charge on any atom is -0.192 e. The van der Waals surface area contributed by atoms with E-state index in [1.807, 2.05) is 18.2 Å². The monoisotopic (exact) mass is 130 g/mol. The van der Waals surface area contributed by atoms with Crippen LogP contribution in [0, 0.1) is 11.3 Å². The molecule has 9 heavy (non-hydrogen) atoms. The quantitative estimate of drug-likeness (QED) is 0.465. The van der Waals surface area contributed by atoms with Gasteiger partial charge in [-0.05, 0) is 12.1 Å². The molecule has 0 bridgehead atoms. The van der Waals surface area contributed by atoms with Crippen molar-refractivity contribution in [3.05, 3.63) is 29.8 Å². The zero-order valence-corrected chi connectivity index (χ0v) is 5.76. The van der Waals surface area contributed by atoms with Gasteiger partial charge in [0.25, 0.3) is 0 Å². The third-order valence-electron chi connectivity index (χ3n) is 0.992. The molecule has 0 aromatic heterocycles. The number of hydrogen-bond acceptors (Lipinski definition) is 1. The van der Waals surface area contributed by atoms with E-state index < -0.39 is 0 Å². The Labute approximate surface area is 57.4 Å². The van der Waals surface area contributed by atoms with E-state index in [0.717, 1.165) is 5.19 Å². The van der Waals surface area contributed by atoms with Gasteiger partial charge in [-0.2, -0.15) is 5.26 Å². The Kier molecular flexibility index (Phi) is 1.66. The standard InChI is InChI=1S/C7H4NSi/c8-5-6-2-1-3-7(9)4-6/h1-4H. The van der Waals surface area contributed by atoms with Crippen LogP contribution in [0.15, 0.2) is 24.3 Å². The molecule has 0 aliphatic heterocycles. The minimum absolute atomic E-state index is 0.683. The molecular weight excluding hydrogens is 126 g/mol. The fourth-order valence-electron chi connectivity index (χ4n) is 0.589. The molecule has 1 aromatic carbocycles. The maximum atomic E-state index is 8.39. The Bertz CT molecular complexity index is 249. The molecule has 0 fully saturated rings. The van der Waals surface area contributed by atoms with Gasteiger partial charge in [0, 0.05) is 0 Å². The average Bonchev–Trinajstić information content (AvgIpc) is 1.88. The van der Waals surface area contributed by atoms with Gasteiger partial charge in [0.1, 0.15) is 0 Å². The van der Waals surface area contributed by atoms with E-state index in [-0.39, 0.29) is 0 Å². The summed E-state index contributed by atoms with van der Waals surface area (Å²) in [7, 11) is 3.30. The lowest BCUT2D eigenvalue weighted by Crippen LogP contribution is -2.00. The summed E-state index contributed by atoms with van der Waals surface area (Å²) in [5, 5.41) is 9.33. The normalized spacial score (nSPS) is 8.44. The van der Waals surface area contributed by atoms with Crippen LogP contribution in [0.4, 0.5) is 0 Å². The number of nitriles is 1. The van der Waals surface area contributed by atoms with Crippen LogP contribution in [0.5, 0.6) is 0 Å². The summed E-state index contributed by atoms with van der Waals surface area (Å²) < 4.78 is 0. The van der Waals surface area contributed by atoms with Crippen molar-refractivity contribution in [2.24, 2.45) is 0 Å². The van der Waals surface area contributed by atoms with Crippen LogP contribution in [0.25, 0.3) is 0 Å². The van der Waals surface area contributed by atoms with Crippen LogP contribution in [0.3, 0.4) is 0 Å². The smallest absolute Gasteiger partial charge is 0.0991 e. The molecule has 0 spiro atoms. The van der Waals surface area contributed by atoms with Gasteiger partial charge in [0.05, 0.1) is 21.9 Å². The zero-order valence-electron chi connectivity index (χ0n) is 4.76. The van der Waals surface area contributed by atoms with E-state index >= 15 is 0 Å². The van der Waals surface area contributed by atoms with Gasteiger partial charge >= 0.3 is 0 Å². The highest BCUT2D eigenvalue weighted by Crippen LogP contribution is 1.90. The van der Waals surface area contributed by atoms with Crippen molar-refractivity contribution in [3.8, 4) is 6.07 Å². The highest BCUT2D eigenvalue weighted by Gasteiger charge is 1.86. The second-order valence-corrected chi connectivity index (χ2v) is 2.27. The van der Waals surface area contributed by atoms with Crippen LogP contribution < -0.4 is 5.19 Å². The summed E-state index contributed by atoms with van der Waals surface area (Å²) in [5.74, 6) is 0. The highest BCUT2D eigenvalue weighted by atomic mass is 28.1. The molecule has 0 atom stereocenters. The van der Waals surface area contributed by atoms with E-state index in [4.69, 9.17) is 5.26 Å². The summed E-state index contributed by atoms with van der Waals surface area (Å²) in [6.07, 6.45) is 0. The zero-order chi connectivity index (χ0) is 6.69. The van der Waals surface area contributed by atoms with E-state index in [9.17, 15) is 0 Å². The van der Waals surface area contributed by atoms with Gasteiger partial charge in [-0.3, -0.25) is 0 Å². The lowest BCUT2D eigenvalue weighted by Gasteiger charge is -1.88. The molecule has 1 aromatic rings. The third kappa shape index (κ3) is 1.41. The van der Waals surface area contributed by atoms with Crippen LogP contribution in [-0.4, -0.2) is 10.2 Å². The topological polar surface area (TPSA) is 23.8 Å². The van der Waals surface area contributed by atoms with Gasteiger partial charge in [-0.1, -0.05) is 17.3 Å². The molecule has 1 nitrogen and oxygen atoms in total. The van der Waals surface area contributed by atoms with E-state index in [1.54, 1.807) is 12.1 Å². The second-order valence-electron chi connectivity index (χ2n) is 1.69. The van der Waals surface area contributed by atoms with Crippen LogP contribution >= 0.6 is 0 Å². The predicted octanol–water partition coefficient (Wildman–Crippen LogP) is 0.352. The van der Waals surface area contributed by atoms with Crippen molar-refractivity contribution < 1.29 is 0 Å². The molecule has 0 aliphatic carbocycles. The molecule has 2 heteroatoms. The fourth-order valence-corrected chi connectivity index (χ4v) is 0.840. The van der Waals surface area contributed by atoms with Crippen molar-refractivity contribution >= 4 is 15.4 Å². The first-order valence-corrected chi connectivity index (χ1v) is 3.04. The first-order chi connectivity index (χ1) is 4.33. The Morgan fingerprint density at radius 1 is 1.44 bits per heavy atom. The van der Waals surface area contributed by atoms with Gasteiger partial charge in [-0.15, -0.1) is 0 Å². The van der Waals surface area contributed by atoms with Gasteiger partial charge < -0.3 is 0 Å². The van der Waals surface area contributed by atoms with Gasteiger partial charge in [0.2, 0.25) is 0 Å². The Hall–Kier alpha value is -1.07. The molecule has 0 aliphatic rings. The van der Waals surface area contributed by atoms with Crippen molar-refractivity contribution in [2.45, 2.75) is 0 Å². The molecule has 0 unspecified atom stereocenters. The van der Waals surface area contributed by atoms with Gasteiger partial charge in [-0.25, -0.2) is 0 Å². The minimum atomic E-state index is 0.683. The largest absolute Gasteiger partial charge is 0.192 e. The first-order valence-electron chi connectivity index (χ1n) is 2.54. The van der Waals surface area contributed by atoms with E-state index in [0.29, 0.717) is 5.56 Å². The lowest BCUT2D eigenvalue weighted by molar-refractivity contribution is 1.49. The van der Waals surface area contributed by atoms with Crippen LogP contribution in [0.2, 0.25) is 0 Å². The van der Waals surface area contributed by atoms with Crippen LogP contribution in [-0.2, 0) is 0 Å². The van der Waals surface area contributed by atoms with Crippen LogP contribution in [0.1, 0.15) is 5.56 Å². The Morgan fingerprint density at radius 3 is 2.67 bits per heavy atom. The predicted molar refractivity (Wildman–Crippen MR) is 36.5 cm³/mol. The number of hydrogen-bond donors (Lipinski definition) is 0. The fraction of sp³-hybridized carbons (Fsp3) is 0. The highest BCUT2D eigenvalue weighted by molar-refractivity contribution is 6.32. The number of nitrogens with zero attached hydrogens (tertiary/aromatic N) is 1. The Balaban J connectivity index is 3.12. The molecule has 3 radical (unpaired) electrons. The summed E-state index contributed by atoms with van der Waals surface area (Å²) in [5.41, 5.74) is 0.683. The van der Waals surface area contributed by atoms with Crippen molar-refractivity contribution in [1.82, 2.24) is 0 Å². The SMILES string of the molecule is N#Cc1cccc([Si])c1. The summed E-state index contributed by atoms with van der Waals surface area (Å²) >= 11 is 0. The first kappa shape index (κ1) is 6.05. The summed E-state index contributed by atoms with van der Waals surface area (Å²) in [6, 6.07) is 9.30. The second kappa shape index (κ2) is 2.47. The molecule has 1 rings (SSSR count). The molecule has 0 amide bonds. The molecule has 0 saturated heterocycles. The summed E-state index contributed by atoms with van der Waals surface area (Å²) in [6.45, 7) is 0. The van der Waals surface area contributed by atoms with Crippen molar-refractivity contribution in [3.63, 3.8) is 0 Å². The third-order valence-corrected chi connectivity index (χ3v) is 1.30. The van der Waals surface area contributed by atoms with Crippen molar-refractivity contribution in [2.75, 3.05) is 0 Å². The maximum absolute atomic E-state index is 8.39. The van der Waals surface area contributed by atoms with Gasteiger partial charge in [0.15, 0.2) is 0 Å². The molecule has 41 valence electrons. The summed E-state index contributed by atoms with van der Waals surface area (Å²) in [4.78, 5) is 0. The molecular formula is C7H4NSi. The maximum Gasteiger partial charge on any atom is 0.0991 e. The van der Waals surface area contributed by atoms with Crippen molar-refractivity contribution in [1.29, 1.82) is 5.26 Å². The molecule has 0 heterocycles. The lowest BCUT2D eigenvalue weighted by atomic mass is 10.2. The Morgan fingerprint density at radius 2 is 2.22 bits per heavy atom.